The van der Waals surface area contributed by atoms with Crippen LogP contribution in [0.15, 0.2) is 11.1 Å². The highest BCUT2D eigenvalue weighted by Crippen LogP contribution is 2.36. The molecule has 0 fully saturated rings. The van der Waals surface area contributed by atoms with Gasteiger partial charge in [-0.15, -0.1) is 13.2 Å². The second-order valence-corrected chi connectivity index (χ2v) is 5.41. The zero-order valence-corrected chi connectivity index (χ0v) is 11.6. The fraction of sp³-hybridized carbons (Fsp3) is 0.286. The Hall–Kier alpha value is -0.820. The van der Waals surface area contributed by atoms with Crippen molar-refractivity contribution in [1.82, 2.24) is 4.98 Å². The molecule has 0 saturated carbocycles. The van der Waals surface area contributed by atoms with Crippen molar-refractivity contribution in [2.24, 2.45) is 5.14 Å². The highest BCUT2D eigenvalue weighted by Gasteiger charge is 2.34. The number of rotatable bonds is 3. The number of sulfonamides is 1. The molecule has 0 amide bonds. The van der Waals surface area contributed by atoms with Gasteiger partial charge in [0.25, 0.3) is 10.0 Å². The van der Waals surface area contributed by atoms with Crippen LogP contribution in [0.3, 0.4) is 0 Å². The fourth-order valence-electron chi connectivity index (χ4n) is 0.990. The van der Waals surface area contributed by atoms with E-state index in [-0.39, 0.29) is 9.45 Å². The number of aromatic nitrogens is 1. The highest BCUT2D eigenvalue weighted by molar-refractivity contribution is 14.1. The van der Waals surface area contributed by atoms with Gasteiger partial charge < -0.3 is 9.47 Å². The molecule has 2 N–H and O–H groups in total. The maximum absolute atomic E-state index is 12.1. The maximum atomic E-state index is 12.1. The molecule has 18 heavy (non-hydrogen) atoms. The standard InChI is InChI=1S/C7H6F3IN2O4S/c1-16-5-3(17-7(8,9)10)2-4(13-6(5)11)18(12,14)15/h2H,1H3,(H2,12,14,15). The number of primary sulfonamides is 1. The van der Waals surface area contributed by atoms with Gasteiger partial charge in [0.1, 0.15) is 3.70 Å². The topological polar surface area (TPSA) is 91.5 Å². The second-order valence-electron chi connectivity index (χ2n) is 2.88. The summed E-state index contributed by atoms with van der Waals surface area (Å²) in [5.41, 5.74) is 0. The highest BCUT2D eigenvalue weighted by atomic mass is 127. The van der Waals surface area contributed by atoms with Crippen LogP contribution in [0.25, 0.3) is 0 Å². The Balaban J connectivity index is 3.42. The SMILES string of the molecule is COc1c(OC(F)(F)F)cc(S(N)(=O)=O)nc1I. The van der Waals surface area contributed by atoms with Gasteiger partial charge in [-0.2, -0.15) is 0 Å². The van der Waals surface area contributed by atoms with Crippen molar-refractivity contribution in [2.75, 3.05) is 7.11 Å². The molecule has 0 spiro atoms. The first-order chi connectivity index (χ1) is 8.04. The summed E-state index contributed by atoms with van der Waals surface area (Å²) < 4.78 is 66.7. The van der Waals surface area contributed by atoms with Crippen LogP contribution in [0.5, 0.6) is 11.5 Å². The number of nitrogens with two attached hydrogens (primary N) is 1. The van der Waals surface area contributed by atoms with E-state index in [0.29, 0.717) is 6.07 Å². The molecule has 0 radical (unpaired) electrons. The molecule has 1 heterocycles. The minimum Gasteiger partial charge on any atom is -0.490 e. The lowest BCUT2D eigenvalue weighted by molar-refractivity contribution is -0.275. The van der Waals surface area contributed by atoms with Gasteiger partial charge in [-0.05, 0) is 22.6 Å². The van der Waals surface area contributed by atoms with Crippen molar-refractivity contribution in [3.05, 3.63) is 9.77 Å². The molecular weight excluding hydrogens is 392 g/mol. The third-order valence-electron chi connectivity index (χ3n) is 1.60. The number of hydrogen-bond donors (Lipinski definition) is 1. The molecule has 6 nitrogen and oxygen atoms in total. The molecule has 0 bridgehead atoms. The monoisotopic (exact) mass is 398 g/mol. The van der Waals surface area contributed by atoms with Crippen LogP contribution in [0.2, 0.25) is 0 Å². The zero-order valence-electron chi connectivity index (χ0n) is 8.66. The molecule has 0 atom stereocenters. The molecule has 0 aliphatic heterocycles. The first-order valence-electron chi connectivity index (χ1n) is 4.07. The van der Waals surface area contributed by atoms with Crippen LogP contribution in [-0.2, 0) is 10.0 Å². The largest absolute Gasteiger partial charge is 0.573 e. The van der Waals surface area contributed by atoms with Gasteiger partial charge >= 0.3 is 6.36 Å². The smallest absolute Gasteiger partial charge is 0.490 e. The van der Waals surface area contributed by atoms with Gasteiger partial charge in [0.15, 0.2) is 16.5 Å². The summed E-state index contributed by atoms with van der Waals surface area (Å²) in [4.78, 5) is 3.51. The number of ether oxygens (including phenoxy) is 2. The summed E-state index contributed by atoms with van der Waals surface area (Å²) in [5, 5.41) is 4.04. The van der Waals surface area contributed by atoms with E-state index in [0.717, 1.165) is 7.11 Å². The predicted molar refractivity (Wildman–Crippen MR) is 61.6 cm³/mol. The molecule has 1 rings (SSSR count). The molecule has 0 aliphatic rings. The second kappa shape index (κ2) is 5.05. The number of hydrogen-bond acceptors (Lipinski definition) is 5. The lowest BCUT2D eigenvalue weighted by Crippen LogP contribution is -2.20. The molecule has 0 aliphatic carbocycles. The Morgan fingerprint density at radius 3 is 2.39 bits per heavy atom. The van der Waals surface area contributed by atoms with Crippen molar-refractivity contribution < 1.29 is 31.1 Å². The number of pyridine rings is 1. The lowest BCUT2D eigenvalue weighted by Gasteiger charge is -2.14. The van der Waals surface area contributed by atoms with Crippen molar-refractivity contribution >= 4 is 32.6 Å². The van der Waals surface area contributed by atoms with Gasteiger partial charge in [-0.25, -0.2) is 18.5 Å². The summed E-state index contributed by atoms with van der Waals surface area (Å²) in [6.07, 6.45) is -4.99. The summed E-state index contributed by atoms with van der Waals surface area (Å²) in [6.45, 7) is 0. The molecule has 0 saturated heterocycles. The van der Waals surface area contributed by atoms with Crippen LogP contribution >= 0.6 is 22.6 Å². The molecule has 102 valence electrons. The third kappa shape index (κ3) is 3.84. The minimum atomic E-state index is -4.99. The van der Waals surface area contributed by atoms with E-state index >= 15 is 0 Å². The Bertz CT molecular complexity index is 561. The fourth-order valence-corrected chi connectivity index (χ4v) is 2.39. The third-order valence-corrected chi connectivity index (χ3v) is 3.12. The maximum Gasteiger partial charge on any atom is 0.573 e. The van der Waals surface area contributed by atoms with Crippen molar-refractivity contribution in [3.63, 3.8) is 0 Å². The summed E-state index contributed by atoms with van der Waals surface area (Å²) in [5.74, 6) is -1.16. The van der Waals surface area contributed by atoms with Crippen molar-refractivity contribution in [3.8, 4) is 11.5 Å². The molecule has 0 unspecified atom stereocenters. The van der Waals surface area contributed by atoms with Gasteiger partial charge in [0.05, 0.1) is 7.11 Å². The van der Waals surface area contributed by atoms with Gasteiger partial charge in [-0.1, -0.05) is 0 Å². The van der Waals surface area contributed by atoms with E-state index < -0.39 is 27.2 Å². The molecular formula is C7H6F3IN2O4S. The Kier molecular flexibility index (Phi) is 4.27. The van der Waals surface area contributed by atoms with E-state index in [2.05, 4.69) is 14.5 Å². The van der Waals surface area contributed by atoms with Gasteiger partial charge in [0.2, 0.25) is 0 Å². The predicted octanol–water partition coefficient (Wildman–Crippen LogP) is 1.24. The quantitative estimate of drug-likeness (QED) is 0.611. The first-order valence-corrected chi connectivity index (χ1v) is 6.70. The first kappa shape index (κ1) is 15.2. The summed E-state index contributed by atoms with van der Waals surface area (Å²) in [6, 6.07) is 0.545. The van der Waals surface area contributed by atoms with E-state index in [1.165, 1.54) is 22.6 Å². The number of methoxy groups -OCH3 is 1. The number of alkyl halides is 3. The summed E-state index contributed by atoms with van der Waals surface area (Å²) >= 11 is 1.50. The molecule has 1 aromatic rings. The lowest BCUT2D eigenvalue weighted by atomic mass is 10.4. The van der Waals surface area contributed by atoms with Crippen LogP contribution in [0.4, 0.5) is 13.2 Å². The van der Waals surface area contributed by atoms with Crippen LogP contribution in [-0.4, -0.2) is 26.9 Å². The van der Waals surface area contributed by atoms with E-state index in [9.17, 15) is 21.6 Å². The Morgan fingerprint density at radius 2 is 2.00 bits per heavy atom. The van der Waals surface area contributed by atoms with Crippen LogP contribution in [0, 0.1) is 3.70 Å². The van der Waals surface area contributed by atoms with E-state index in [4.69, 9.17) is 5.14 Å². The van der Waals surface area contributed by atoms with E-state index in [1.54, 1.807) is 0 Å². The van der Waals surface area contributed by atoms with Gasteiger partial charge in [-0.3, -0.25) is 0 Å². The van der Waals surface area contributed by atoms with Gasteiger partial charge in [0, 0.05) is 6.07 Å². The average molecular weight is 398 g/mol. The number of halogens is 4. The Labute approximate surface area is 113 Å². The molecule has 0 aromatic carbocycles. The molecule has 1 aromatic heterocycles. The number of nitrogens with zero attached hydrogens (tertiary/aromatic N) is 1. The average Bonchev–Trinajstić information content (AvgIpc) is 2.13. The van der Waals surface area contributed by atoms with Crippen molar-refractivity contribution in [1.29, 1.82) is 0 Å². The van der Waals surface area contributed by atoms with Crippen LogP contribution in [0.1, 0.15) is 0 Å². The Morgan fingerprint density at radius 1 is 1.44 bits per heavy atom. The summed E-state index contributed by atoms with van der Waals surface area (Å²) in [7, 11) is -3.15. The molecule has 11 heteroatoms. The van der Waals surface area contributed by atoms with Crippen LogP contribution < -0.4 is 14.6 Å². The van der Waals surface area contributed by atoms with Crippen molar-refractivity contribution in [2.45, 2.75) is 11.4 Å². The van der Waals surface area contributed by atoms with E-state index in [1.807, 2.05) is 0 Å². The minimum absolute atomic E-state index is 0.124. The zero-order chi connectivity index (χ0) is 14.1. The normalized spacial score (nSPS) is 12.3.